The largest absolute Gasteiger partial charge is 0.333 e. The minimum Gasteiger partial charge on any atom is -0.333 e. The number of benzene rings is 1. The molecule has 37 heavy (non-hydrogen) atoms. The van der Waals surface area contributed by atoms with E-state index in [1.165, 1.54) is 63.9 Å². The van der Waals surface area contributed by atoms with Crippen LogP contribution in [0, 0.1) is 12.8 Å². The topological polar surface area (TPSA) is 58.1 Å². The van der Waals surface area contributed by atoms with Crippen LogP contribution in [0.15, 0.2) is 48.8 Å². The average molecular weight is 491 g/mol. The van der Waals surface area contributed by atoms with E-state index in [2.05, 4.69) is 47.7 Å². The van der Waals surface area contributed by atoms with Crippen molar-refractivity contribution in [1.29, 1.82) is 0 Å². The highest BCUT2D eigenvalue weighted by Gasteiger charge is 2.36. The van der Waals surface area contributed by atoms with Crippen LogP contribution in [-0.2, 0) is 13.0 Å². The summed E-state index contributed by atoms with van der Waals surface area (Å²) in [6.07, 6.45) is 12.1. The monoisotopic (exact) mass is 490 g/mol. The fourth-order valence-corrected chi connectivity index (χ4v) is 6.78. The predicted octanol–water partition coefficient (Wildman–Crippen LogP) is 5.99. The Bertz CT molecular complexity index is 1420. The van der Waals surface area contributed by atoms with E-state index in [1.54, 1.807) is 6.20 Å². The summed E-state index contributed by atoms with van der Waals surface area (Å²) in [5.41, 5.74) is 12.1. The van der Waals surface area contributed by atoms with Crippen LogP contribution in [-0.4, -0.2) is 33.9 Å². The molecule has 4 heterocycles. The van der Waals surface area contributed by atoms with Crippen LogP contribution in [0.25, 0.3) is 16.7 Å². The zero-order valence-corrected chi connectivity index (χ0v) is 21.8. The maximum absolute atomic E-state index is 13.3. The van der Waals surface area contributed by atoms with Crippen molar-refractivity contribution in [1.82, 2.24) is 20.2 Å². The highest BCUT2D eigenvalue weighted by molar-refractivity contribution is 5.92. The summed E-state index contributed by atoms with van der Waals surface area (Å²) >= 11 is 0. The number of carbonyl (C=O) groups excluding carboxylic acids is 1. The molecule has 2 aliphatic heterocycles. The smallest absolute Gasteiger partial charge is 0.272 e. The molecular formula is C32H34N4O. The number of hydrogen-bond acceptors (Lipinski definition) is 4. The molecule has 2 fully saturated rings. The molecule has 2 aromatic heterocycles. The third-order valence-electron chi connectivity index (χ3n) is 9.05. The molecule has 188 valence electrons. The molecule has 4 aliphatic rings. The average Bonchev–Trinajstić information content (AvgIpc) is 3.45. The highest BCUT2D eigenvalue weighted by atomic mass is 16.2. The summed E-state index contributed by atoms with van der Waals surface area (Å²) < 4.78 is 0. The van der Waals surface area contributed by atoms with Gasteiger partial charge in [-0.1, -0.05) is 18.2 Å². The fourth-order valence-electron chi connectivity index (χ4n) is 6.78. The van der Waals surface area contributed by atoms with Crippen molar-refractivity contribution in [2.45, 2.75) is 64.5 Å². The first-order valence-corrected chi connectivity index (χ1v) is 13.9. The van der Waals surface area contributed by atoms with Gasteiger partial charge in [0.15, 0.2) is 0 Å². The van der Waals surface area contributed by atoms with Gasteiger partial charge in [0, 0.05) is 43.0 Å². The predicted molar refractivity (Wildman–Crippen MR) is 146 cm³/mol. The number of nitrogens with zero attached hydrogens (tertiary/aromatic N) is 3. The summed E-state index contributed by atoms with van der Waals surface area (Å²) in [6, 6.07) is 11.3. The summed E-state index contributed by atoms with van der Waals surface area (Å²) in [6.45, 7) is 6.65. The van der Waals surface area contributed by atoms with Crippen LogP contribution >= 0.6 is 0 Å². The van der Waals surface area contributed by atoms with Crippen molar-refractivity contribution in [3.05, 3.63) is 88.0 Å². The fraction of sp³-hybridized carbons (Fsp3) is 0.406. The van der Waals surface area contributed by atoms with Crippen LogP contribution in [0.2, 0.25) is 0 Å². The number of allylic oxidation sites excluding steroid dienone is 2. The van der Waals surface area contributed by atoms with Crippen molar-refractivity contribution < 1.29 is 4.79 Å². The molecule has 5 nitrogen and oxygen atoms in total. The number of aryl methyl sites for hydroxylation is 1. The normalized spacial score (nSPS) is 24.0. The van der Waals surface area contributed by atoms with E-state index in [1.807, 2.05) is 24.0 Å². The molecule has 0 spiro atoms. The van der Waals surface area contributed by atoms with Crippen LogP contribution in [0.5, 0.6) is 0 Å². The van der Waals surface area contributed by atoms with Gasteiger partial charge in [0.1, 0.15) is 5.69 Å². The molecule has 1 saturated carbocycles. The van der Waals surface area contributed by atoms with E-state index < -0.39 is 0 Å². The van der Waals surface area contributed by atoms with E-state index in [0.717, 1.165) is 31.5 Å². The van der Waals surface area contributed by atoms with Gasteiger partial charge in [-0.25, -0.2) is 0 Å². The zero-order valence-electron chi connectivity index (χ0n) is 21.8. The third-order valence-corrected chi connectivity index (χ3v) is 9.05. The van der Waals surface area contributed by atoms with Crippen molar-refractivity contribution >= 4 is 11.5 Å². The molecule has 1 amide bonds. The van der Waals surface area contributed by atoms with Gasteiger partial charge in [-0.15, -0.1) is 0 Å². The number of amides is 1. The third kappa shape index (κ3) is 3.91. The molecule has 0 bridgehead atoms. The molecule has 1 N–H and O–H groups in total. The van der Waals surface area contributed by atoms with E-state index >= 15 is 0 Å². The van der Waals surface area contributed by atoms with Gasteiger partial charge in [0.05, 0.1) is 5.69 Å². The van der Waals surface area contributed by atoms with Gasteiger partial charge in [0.2, 0.25) is 0 Å². The van der Waals surface area contributed by atoms with Gasteiger partial charge in [-0.2, -0.15) is 0 Å². The molecule has 7 rings (SSSR count). The molecule has 1 aromatic carbocycles. The lowest BCUT2D eigenvalue weighted by Crippen LogP contribution is -2.37. The molecule has 2 aliphatic carbocycles. The maximum Gasteiger partial charge on any atom is 0.272 e. The lowest BCUT2D eigenvalue weighted by molar-refractivity contribution is 0.0728. The quantitative estimate of drug-likeness (QED) is 0.490. The summed E-state index contributed by atoms with van der Waals surface area (Å²) in [5, 5.41) is 3.72. The maximum atomic E-state index is 13.3. The first-order valence-electron chi connectivity index (χ1n) is 13.9. The second-order valence-corrected chi connectivity index (χ2v) is 11.4. The number of fused-ring (bicyclic) bond motifs is 4. The Morgan fingerprint density at radius 3 is 2.70 bits per heavy atom. The van der Waals surface area contributed by atoms with Crippen LogP contribution in [0.3, 0.4) is 0 Å². The van der Waals surface area contributed by atoms with Crippen molar-refractivity contribution in [3.8, 4) is 11.1 Å². The van der Waals surface area contributed by atoms with E-state index in [0.29, 0.717) is 30.1 Å². The Kier molecular flexibility index (Phi) is 5.51. The lowest BCUT2D eigenvalue weighted by atomic mass is 9.66. The zero-order chi connectivity index (χ0) is 25.1. The Labute approximate surface area is 219 Å². The summed E-state index contributed by atoms with van der Waals surface area (Å²) in [4.78, 5) is 24.7. The van der Waals surface area contributed by atoms with Crippen LogP contribution in [0.1, 0.15) is 88.6 Å². The first kappa shape index (κ1) is 22.9. The summed E-state index contributed by atoms with van der Waals surface area (Å²) in [7, 11) is 0. The molecular weight excluding hydrogens is 456 g/mol. The van der Waals surface area contributed by atoms with Crippen LogP contribution < -0.4 is 5.32 Å². The van der Waals surface area contributed by atoms with Crippen molar-refractivity contribution in [3.63, 3.8) is 0 Å². The number of carbonyl (C=O) groups is 1. The minimum absolute atomic E-state index is 0.0236. The minimum atomic E-state index is 0.0236. The Morgan fingerprint density at radius 1 is 1.03 bits per heavy atom. The van der Waals surface area contributed by atoms with Crippen molar-refractivity contribution in [2.24, 2.45) is 5.92 Å². The highest BCUT2D eigenvalue weighted by Crippen LogP contribution is 2.49. The van der Waals surface area contributed by atoms with Gasteiger partial charge < -0.3 is 10.2 Å². The lowest BCUT2D eigenvalue weighted by Gasteiger charge is -2.39. The van der Waals surface area contributed by atoms with Gasteiger partial charge in [-0.3, -0.25) is 14.8 Å². The van der Waals surface area contributed by atoms with E-state index in [4.69, 9.17) is 4.98 Å². The molecule has 3 aromatic rings. The number of aromatic nitrogens is 2. The number of rotatable bonds is 3. The summed E-state index contributed by atoms with van der Waals surface area (Å²) in [5.74, 6) is 1.33. The first-order chi connectivity index (χ1) is 18.0. The molecule has 5 heteroatoms. The van der Waals surface area contributed by atoms with E-state index in [-0.39, 0.29) is 5.91 Å². The molecule has 3 atom stereocenters. The standard InChI is InChI=1S/C32H34N4O/c1-19-5-8-30(34-16-19)32(37)36-11-9-22-13-23(14-27(28(22)18-36)29-4-3-10-33-29)24-15-26-20(2)12-21-6-7-25(21)31(26)35-17-24/h5,8,12-17,21,25,29,33H,3-4,6-7,9-11,18H2,1-2H3/t21?,25?,29-/m0/s1. The number of nitrogens with one attached hydrogen (secondary N) is 1. The SMILES string of the molecule is CC1=CC2CCC2c2ncc(-c3cc4c(c([C@@H]5CCCN5)c3)CN(C(=O)c3ccc(C)cn3)CC4)cc21. The number of hydrogen-bond donors (Lipinski definition) is 1. The Morgan fingerprint density at radius 2 is 1.95 bits per heavy atom. The molecule has 1 saturated heterocycles. The number of pyridine rings is 2. The van der Waals surface area contributed by atoms with Gasteiger partial charge in [0.25, 0.3) is 5.91 Å². The Balaban J connectivity index is 1.25. The second kappa shape index (κ2) is 8.91. The van der Waals surface area contributed by atoms with E-state index in [9.17, 15) is 4.79 Å². The molecule has 0 radical (unpaired) electrons. The van der Waals surface area contributed by atoms with Gasteiger partial charge >= 0.3 is 0 Å². The van der Waals surface area contributed by atoms with Crippen molar-refractivity contribution in [2.75, 3.05) is 13.1 Å². The Hall–Kier alpha value is -3.31. The van der Waals surface area contributed by atoms with Crippen LogP contribution in [0.4, 0.5) is 0 Å². The molecule has 2 unspecified atom stereocenters. The second-order valence-electron chi connectivity index (χ2n) is 11.4. The van der Waals surface area contributed by atoms with Gasteiger partial charge in [-0.05, 0) is 116 Å².